The van der Waals surface area contributed by atoms with Crippen LogP contribution in [0.3, 0.4) is 0 Å². The van der Waals surface area contributed by atoms with Crippen molar-refractivity contribution >= 4 is 0 Å². The minimum Gasteiger partial charge on any atom is -0.379 e. The SMILES string of the molecule is COC(C(NN)c1ccc(C(F)(F)F)c(F)c1)C(C)(C)C. The number of hydrogen-bond donors (Lipinski definition) is 2. The number of ether oxygens (including phenoxy) is 1. The number of methoxy groups -OCH3 is 1. The summed E-state index contributed by atoms with van der Waals surface area (Å²) in [5.41, 5.74) is 1.14. The third-order valence-electron chi connectivity index (χ3n) is 3.25. The number of benzene rings is 1. The molecule has 3 N–H and O–H groups in total. The number of hydrazine groups is 1. The van der Waals surface area contributed by atoms with E-state index in [1.54, 1.807) is 0 Å². The fourth-order valence-corrected chi connectivity index (χ4v) is 2.30. The Kier molecular flexibility index (Phi) is 5.35. The van der Waals surface area contributed by atoms with E-state index < -0.39 is 29.7 Å². The minimum atomic E-state index is -4.72. The second-order valence-electron chi connectivity index (χ2n) is 5.90. The van der Waals surface area contributed by atoms with Crippen molar-refractivity contribution in [1.82, 2.24) is 5.43 Å². The van der Waals surface area contributed by atoms with E-state index in [9.17, 15) is 17.6 Å². The summed E-state index contributed by atoms with van der Waals surface area (Å²) in [6, 6.07) is 2.12. The molecule has 0 aliphatic heterocycles. The van der Waals surface area contributed by atoms with Gasteiger partial charge in [0, 0.05) is 7.11 Å². The van der Waals surface area contributed by atoms with E-state index in [0.717, 1.165) is 6.07 Å². The molecule has 1 aromatic rings. The lowest BCUT2D eigenvalue weighted by Gasteiger charge is -2.36. The molecule has 0 aliphatic rings. The molecule has 3 nitrogen and oxygen atoms in total. The highest BCUT2D eigenvalue weighted by Gasteiger charge is 2.36. The van der Waals surface area contributed by atoms with E-state index in [0.29, 0.717) is 11.6 Å². The van der Waals surface area contributed by atoms with Gasteiger partial charge in [0.2, 0.25) is 0 Å². The van der Waals surface area contributed by atoms with Crippen molar-refractivity contribution in [3.8, 4) is 0 Å². The molecule has 120 valence electrons. The Morgan fingerprint density at radius 3 is 2.10 bits per heavy atom. The molecule has 0 bridgehead atoms. The van der Waals surface area contributed by atoms with Crippen LogP contribution in [0.15, 0.2) is 18.2 Å². The van der Waals surface area contributed by atoms with Gasteiger partial charge in [-0.3, -0.25) is 11.3 Å². The van der Waals surface area contributed by atoms with E-state index in [4.69, 9.17) is 10.6 Å². The van der Waals surface area contributed by atoms with E-state index in [1.165, 1.54) is 13.2 Å². The average Bonchev–Trinajstić information content (AvgIpc) is 2.32. The first-order chi connectivity index (χ1) is 9.52. The molecule has 0 heterocycles. The van der Waals surface area contributed by atoms with Crippen LogP contribution >= 0.6 is 0 Å². The van der Waals surface area contributed by atoms with Crippen molar-refractivity contribution in [1.29, 1.82) is 0 Å². The van der Waals surface area contributed by atoms with Gasteiger partial charge in [0.15, 0.2) is 0 Å². The van der Waals surface area contributed by atoms with Gasteiger partial charge in [-0.05, 0) is 23.1 Å². The zero-order valence-electron chi connectivity index (χ0n) is 12.4. The lowest BCUT2D eigenvalue weighted by Crippen LogP contribution is -2.44. The third kappa shape index (κ3) is 4.15. The third-order valence-corrected chi connectivity index (χ3v) is 3.25. The van der Waals surface area contributed by atoms with Crippen LogP contribution in [0, 0.1) is 11.2 Å². The summed E-state index contributed by atoms with van der Waals surface area (Å²) in [5, 5.41) is 0. The summed E-state index contributed by atoms with van der Waals surface area (Å²) in [4.78, 5) is 0. The molecule has 2 unspecified atom stereocenters. The van der Waals surface area contributed by atoms with Gasteiger partial charge >= 0.3 is 6.18 Å². The van der Waals surface area contributed by atoms with Gasteiger partial charge in [0.05, 0.1) is 17.7 Å². The van der Waals surface area contributed by atoms with Crippen LogP contribution < -0.4 is 11.3 Å². The number of alkyl halides is 3. The van der Waals surface area contributed by atoms with E-state index in [2.05, 4.69) is 5.43 Å². The summed E-state index contributed by atoms with van der Waals surface area (Å²) >= 11 is 0. The molecule has 0 spiro atoms. The Bertz CT molecular complexity index is 483. The summed E-state index contributed by atoms with van der Waals surface area (Å²) in [5.74, 6) is 4.15. The van der Waals surface area contributed by atoms with Crippen LogP contribution in [0.2, 0.25) is 0 Å². The lowest BCUT2D eigenvalue weighted by molar-refractivity contribution is -0.140. The Morgan fingerprint density at radius 1 is 1.19 bits per heavy atom. The number of rotatable bonds is 4. The fraction of sp³-hybridized carbons (Fsp3) is 0.571. The van der Waals surface area contributed by atoms with Crippen molar-refractivity contribution in [3.63, 3.8) is 0 Å². The number of nitrogens with one attached hydrogen (secondary N) is 1. The number of halogens is 4. The molecule has 0 amide bonds. The van der Waals surface area contributed by atoms with Crippen molar-refractivity contribution in [2.45, 2.75) is 39.1 Å². The maximum Gasteiger partial charge on any atom is 0.419 e. The standard InChI is InChI=1S/C14H20F4N2O/c1-13(2,3)12(21-4)11(20-19)8-5-6-9(10(15)7-8)14(16,17)18/h5-7,11-12,20H,19H2,1-4H3. The topological polar surface area (TPSA) is 47.3 Å². The second-order valence-corrected chi connectivity index (χ2v) is 5.90. The molecule has 7 heteroatoms. The first-order valence-electron chi connectivity index (χ1n) is 6.38. The fourth-order valence-electron chi connectivity index (χ4n) is 2.30. The quantitative estimate of drug-likeness (QED) is 0.509. The molecule has 0 aliphatic carbocycles. The smallest absolute Gasteiger partial charge is 0.379 e. The van der Waals surface area contributed by atoms with Gasteiger partial charge in [0.25, 0.3) is 0 Å². The Hall–Kier alpha value is -1.18. The molecule has 21 heavy (non-hydrogen) atoms. The molecule has 2 atom stereocenters. The Labute approximate surface area is 121 Å². The van der Waals surface area contributed by atoms with Crippen molar-refractivity contribution in [2.24, 2.45) is 11.3 Å². The first-order valence-corrected chi connectivity index (χ1v) is 6.38. The number of nitrogens with two attached hydrogens (primary N) is 1. The monoisotopic (exact) mass is 308 g/mol. The highest BCUT2D eigenvalue weighted by Crippen LogP contribution is 2.35. The van der Waals surface area contributed by atoms with Crippen LogP contribution in [0.25, 0.3) is 0 Å². The zero-order chi connectivity index (χ0) is 16.4. The summed E-state index contributed by atoms with van der Waals surface area (Å²) in [7, 11) is 1.47. The van der Waals surface area contributed by atoms with Gasteiger partial charge < -0.3 is 4.74 Å². The van der Waals surface area contributed by atoms with Gasteiger partial charge in [-0.25, -0.2) is 4.39 Å². The zero-order valence-corrected chi connectivity index (χ0v) is 12.4. The maximum absolute atomic E-state index is 13.7. The predicted molar refractivity (Wildman–Crippen MR) is 71.7 cm³/mol. The minimum absolute atomic E-state index is 0.296. The average molecular weight is 308 g/mol. The second kappa shape index (κ2) is 6.29. The van der Waals surface area contributed by atoms with E-state index >= 15 is 0 Å². The summed E-state index contributed by atoms with van der Waals surface area (Å²) < 4.78 is 56.8. The molecule has 1 aromatic carbocycles. The van der Waals surface area contributed by atoms with Gasteiger partial charge in [-0.15, -0.1) is 0 Å². The van der Waals surface area contributed by atoms with Crippen LogP contribution in [0.1, 0.15) is 37.9 Å². The maximum atomic E-state index is 13.7. The Morgan fingerprint density at radius 2 is 1.76 bits per heavy atom. The molecule has 0 saturated heterocycles. The van der Waals surface area contributed by atoms with Crippen molar-refractivity contribution in [2.75, 3.05) is 7.11 Å². The van der Waals surface area contributed by atoms with Crippen molar-refractivity contribution in [3.05, 3.63) is 35.1 Å². The molecule has 0 saturated carbocycles. The summed E-state index contributed by atoms with van der Waals surface area (Å²) in [6.07, 6.45) is -5.17. The molecule has 0 aromatic heterocycles. The Balaban J connectivity index is 3.22. The number of hydrogen-bond acceptors (Lipinski definition) is 3. The van der Waals surface area contributed by atoms with Crippen LogP contribution in [-0.2, 0) is 10.9 Å². The summed E-state index contributed by atoms with van der Waals surface area (Å²) in [6.45, 7) is 5.68. The van der Waals surface area contributed by atoms with Crippen LogP contribution in [-0.4, -0.2) is 13.2 Å². The molecule has 0 radical (unpaired) electrons. The van der Waals surface area contributed by atoms with E-state index in [-0.39, 0.29) is 5.41 Å². The highest BCUT2D eigenvalue weighted by molar-refractivity contribution is 5.29. The van der Waals surface area contributed by atoms with Gasteiger partial charge in [0.1, 0.15) is 5.82 Å². The molecule has 1 rings (SSSR count). The first kappa shape index (κ1) is 17.9. The normalized spacial score (nSPS) is 15.9. The predicted octanol–water partition coefficient (Wildman–Crippen LogP) is 3.41. The van der Waals surface area contributed by atoms with Gasteiger partial charge in [-0.2, -0.15) is 13.2 Å². The highest BCUT2D eigenvalue weighted by atomic mass is 19.4. The largest absolute Gasteiger partial charge is 0.419 e. The lowest BCUT2D eigenvalue weighted by atomic mass is 9.82. The van der Waals surface area contributed by atoms with Crippen molar-refractivity contribution < 1.29 is 22.3 Å². The molecule has 0 fully saturated rings. The van der Waals surface area contributed by atoms with Gasteiger partial charge in [-0.1, -0.05) is 26.8 Å². The van der Waals surface area contributed by atoms with E-state index in [1.807, 2.05) is 20.8 Å². The van der Waals surface area contributed by atoms with Crippen LogP contribution in [0.4, 0.5) is 17.6 Å². The molecular weight excluding hydrogens is 288 g/mol. The molecular formula is C14H20F4N2O. The van der Waals surface area contributed by atoms with Crippen LogP contribution in [0.5, 0.6) is 0 Å².